The second-order valence-electron chi connectivity index (χ2n) is 6.22. The van der Waals surface area contributed by atoms with Gasteiger partial charge in [0.05, 0.1) is 4.88 Å². The molecule has 0 atom stereocenters. The Morgan fingerprint density at radius 3 is 2.54 bits per heavy atom. The van der Waals surface area contributed by atoms with Gasteiger partial charge in [-0.3, -0.25) is 9.36 Å². The average molecular weight is 481 g/mol. The van der Waals surface area contributed by atoms with Crippen molar-refractivity contribution in [2.24, 2.45) is 0 Å². The van der Waals surface area contributed by atoms with Crippen LogP contribution in [0.2, 0.25) is 0 Å². The van der Waals surface area contributed by atoms with Crippen LogP contribution in [0.5, 0.6) is 5.88 Å². The molecule has 0 aliphatic carbocycles. The van der Waals surface area contributed by atoms with E-state index in [0.29, 0.717) is 28.3 Å². The van der Waals surface area contributed by atoms with Crippen LogP contribution >= 0.6 is 39.5 Å². The van der Waals surface area contributed by atoms with E-state index >= 15 is 0 Å². The Kier molecular flexibility index (Phi) is 6.74. The van der Waals surface area contributed by atoms with E-state index in [1.807, 2.05) is 50.2 Å². The summed E-state index contributed by atoms with van der Waals surface area (Å²) in [6.45, 7) is 5.17. The van der Waals surface area contributed by atoms with Gasteiger partial charge < -0.3 is 14.4 Å². The lowest BCUT2D eigenvalue weighted by molar-refractivity contribution is -0.131. The Bertz CT molecular complexity index is 1020. The van der Waals surface area contributed by atoms with Crippen molar-refractivity contribution in [3.05, 3.63) is 55.5 Å². The van der Waals surface area contributed by atoms with Gasteiger partial charge in [0, 0.05) is 29.5 Å². The first kappa shape index (κ1) is 20.8. The van der Waals surface area contributed by atoms with E-state index < -0.39 is 0 Å². The van der Waals surface area contributed by atoms with Gasteiger partial charge in [-0.1, -0.05) is 28.1 Å². The smallest absolute Gasteiger partial charge is 0.242 e. The summed E-state index contributed by atoms with van der Waals surface area (Å²) in [5.74, 6) is 1.47. The van der Waals surface area contributed by atoms with Crippen molar-refractivity contribution in [1.29, 1.82) is 0 Å². The predicted octanol–water partition coefficient (Wildman–Crippen LogP) is 5.47. The van der Waals surface area contributed by atoms with Crippen LogP contribution in [0.4, 0.5) is 0 Å². The van der Waals surface area contributed by atoms with E-state index in [0.717, 1.165) is 21.6 Å². The Morgan fingerprint density at radius 1 is 1.21 bits per heavy atom. The first-order chi connectivity index (χ1) is 13.4. The highest BCUT2D eigenvalue weighted by Gasteiger charge is 2.18. The van der Waals surface area contributed by atoms with Gasteiger partial charge in [-0.15, -0.1) is 11.3 Å². The van der Waals surface area contributed by atoms with Crippen LogP contribution in [0.3, 0.4) is 0 Å². The van der Waals surface area contributed by atoms with Crippen molar-refractivity contribution >= 4 is 45.4 Å². The molecule has 3 rings (SSSR count). The molecule has 0 radical (unpaired) electrons. The van der Waals surface area contributed by atoms with Gasteiger partial charge in [-0.2, -0.15) is 0 Å². The van der Waals surface area contributed by atoms with E-state index in [9.17, 15) is 9.90 Å². The lowest BCUT2D eigenvalue weighted by Gasteiger charge is -2.18. The quantitative estimate of drug-likeness (QED) is 0.455. The summed E-state index contributed by atoms with van der Waals surface area (Å²) >= 11 is 10.1. The minimum atomic E-state index is -0.0590. The summed E-state index contributed by atoms with van der Waals surface area (Å²) < 4.78 is 8.92. The molecule has 2 aromatic heterocycles. The monoisotopic (exact) mass is 480 g/mol. The molecule has 3 aromatic rings. The van der Waals surface area contributed by atoms with Crippen LogP contribution in [0.15, 0.2) is 45.3 Å². The van der Waals surface area contributed by atoms with E-state index in [1.54, 1.807) is 4.90 Å². The molecule has 2 heterocycles. The van der Waals surface area contributed by atoms with Crippen molar-refractivity contribution in [3.8, 4) is 17.2 Å². The van der Waals surface area contributed by atoms with Gasteiger partial charge in [-0.25, -0.2) is 0 Å². The number of thiazole rings is 1. The minimum Gasteiger partial charge on any atom is -0.494 e. The maximum atomic E-state index is 12.4. The van der Waals surface area contributed by atoms with Crippen molar-refractivity contribution in [1.82, 2.24) is 9.47 Å². The number of amides is 1. The van der Waals surface area contributed by atoms with Gasteiger partial charge in [-0.05, 0) is 50.3 Å². The highest BCUT2D eigenvalue weighted by atomic mass is 79.9. The molecule has 0 unspecified atom stereocenters. The molecule has 148 valence electrons. The van der Waals surface area contributed by atoms with Crippen LogP contribution in [-0.2, 0) is 17.8 Å². The third-order valence-electron chi connectivity index (χ3n) is 4.47. The molecule has 0 saturated carbocycles. The number of benzene rings is 1. The van der Waals surface area contributed by atoms with Crippen LogP contribution in [0.25, 0.3) is 11.3 Å². The number of hydrogen-bond acceptors (Lipinski definition) is 5. The molecule has 0 saturated heterocycles. The second kappa shape index (κ2) is 9.07. The summed E-state index contributed by atoms with van der Waals surface area (Å²) in [5.41, 5.74) is 0.980. The topological polar surface area (TPSA) is 58.6 Å². The number of rotatable bonds is 7. The summed E-state index contributed by atoms with van der Waals surface area (Å²) in [4.78, 5) is 14.8. The molecule has 8 heteroatoms. The fraction of sp³-hybridized carbons (Fsp3) is 0.300. The normalized spacial score (nSPS) is 11.0. The van der Waals surface area contributed by atoms with Gasteiger partial charge in [0.25, 0.3) is 0 Å². The molecular weight excluding hydrogens is 460 g/mol. The standard InChI is InChI=1S/C20H21BrN2O3S2/c1-3-22(4-2)18(24)12-23-19(25)17(28-20(23)27)11-15-9-10-16(26-15)13-5-7-14(21)8-6-13/h5-10,25H,3-4,11-12H2,1-2H3. The van der Waals surface area contributed by atoms with Gasteiger partial charge in [0.15, 0.2) is 3.95 Å². The minimum absolute atomic E-state index is 0.0390. The van der Waals surface area contributed by atoms with E-state index in [1.165, 1.54) is 15.9 Å². The molecule has 0 fully saturated rings. The first-order valence-electron chi connectivity index (χ1n) is 8.96. The van der Waals surface area contributed by atoms with Gasteiger partial charge in [0.2, 0.25) is 11.8 Å². The summed E-state index contributed by atoms with van der Waals surface area (Å²) in [7, 11) is 0. The van der Waals surface area contributed by atoms with Crippen LogP contribution in [0.1, 0.15) is 24.5 Å². The maximum Gasteiger partial charge on any atom is 0.242 e. The molecule has 0 bridgehead atoms. The number of nitrogens with zero attached hydrogens (tertiary/aromatic N) is 2. The number of carbonyl (C=O) groups excluding carboxylic acids is 1. The number of halogens is 1. The zero-order chi connectivity index (χ0) is 20.3. The molecule has 0 spiro atoms. The van der Waals surface area contributed by atoms with Crippen LogP contribution in [0, 0.1) is 3.95 Å². The molecule has 0 aliphatic rings. The highest BCUT2D eigenvalue weighted by molar-refractivity contribution is 9.10. The first-order valence-corrected chi connectivity index (χ1v) is 11.0. The molecule has 1 aromatic carbocycles. The number of hydrogen-bond donors (Lipinski definition) is 1. The van der Waals surface area contributed by atoms with E-state index in [4.69, 9.17) is 16.6 Å². The number of furan rings is 1. The van der Waals surface area contributed by atoms with Crippen LogP contribution < -0.4 is 0 Å². The fourth-order valence-corrected chi connectivity index (χ4v) is 4.51. The van der Waals surface area contributed by atoms with Gasteiger partial charge >= 0.3 is 0 Å². The fourth-order valence-electron chi connectivity index (χ4n) is 2.91. The average Bonchev–Trinajstić information content (AvgIpc) is 3.24. The van der Waals surface area contributed by atoms with Crippen molar-refractivity contribution < 1.29 is 14.3 Å². The summed E-state index contributed by atoms with van der Waals surface area (Å²) in [5, 5.41) is 10.6. The van der Waals surface area contributed by atoms with E-state index in [2.05, 4.69) is 15.9 Å². The van der Waals surface area contributed by atoms with Crippen molar-refractivity contribution in [2.75, 3.05) is 13.1 Å². The zero-order valence-corrected chi connectivity index (χ0v) is 18.9. The maximum absolute atomic E-state index is 12.4. The summed E-state index contributed by atoms with van der Waals surface area (Å²) in [6.07, 6.45) is 0.420. The molecule has 0 aliphatic heterocycles. The Labute approximate surface area is 181 Å². The largest absolute Gasteiger partial charge is 0.494 e. The Morgan fingerprint density at radius 2 is 1.89 bits per heavy atom. The molecule has 5 nitrogen and oxygen atoms in total. The number of aromatic nitrogens is 1. The molecule has 1 amide bonds. The molecule has 28 heavy (non-hydrogen) atoms. The summed E-state index contributed by atoms with van der Waals surface area (Å²) in [6, 6.07) is 11.7. The number of likely N-dealkylation sites (N-methyl/N-ethyl adjacent to an activating group) is 1. The molecule has 1 N–H and O–H groups in total. The lowest BCUT2D eigenvalue weighted by atomic mass is 10.2. The lowest BCUT2D eigenvalue weighted by Crippen LogP contribution is -2.33. The second-order valence-corrected chi connectivity index (χ2v) is 8.86. The zero-order valence-electron chi connectivity index (χ0n) is 15.6. The Balaban J connectivity index is 1.78. The number of aromatic hydroxyl groups is 1. The third kappa shape index (κ3) is 4.56. The van der Waals surface area contributed by atoms with Gasteiger partial charge in [0.1, 0.15) is 18.1 Å². The molecular formula is C20H21BrN2O3S2. The van der Waals surface area contributed by atoms with E-state index in [-0.39, 0.29) is 18.3 Å². The Hall–Kier alpha value is -1.90. The number of carbonyl (C=O) groups is 1. The predicted molar refractivity (Wildman–Crippen MR) is 117 cm³/mol. The van der Waals surface area contributed by atoms with Crippen LogP contribution in [-0.4, -0.2) is 33.6 Å². The van der Waals surface area contributed by atoms with Crippen molar-refractivity contribution in [3.63, 3.8) is 0 Å². The SMILES string of the molecule is CCN(CC)C(=O)Cn1c(O)c(Cc2ccc(-c3ccc(Br)cc3)o2)sc1=S. The van der Waals surface area contributed by atoms with Crippen molar-refractivity contribution in [2.45, 2.75) is 26.8 Å². The third-order valence-corrected chi connectivity index (χ3v) is 6.44. The highest BCUT2D eigenvalue weighted by Crippen LogP contribution is 2.31.